The number of halogens is 3. The van der Waals surface area contributed by atoms with Gasteiger partial charge in [0.2, 0.25) is 5.91 Å². The summed E-state index contributed by atoms with van der Waals surface area (Å²) in [6.07, 6.45) is 4.29. The monoisotopic (exact) mass is 417 g/mol. The molecule has 1 amide bonds. The van der Waals surface area contributed by atoms with Gasteiger partial charge in [0.05, 0.1) is 6.04 Å². The first-order valence-corrected chi connectivity index (χ1v) is 9.69. The molecule has 1 N–H and O–H groups in total. The maximum Gasteiger partial charge on any atom is 0.239 e. The van der Waals surface area contributed by atoms with Crippen molar-refractivity contribution in [2.45, 2.75) is 38.3 Å². The third kappa shape index (κ3) is 5.14. The molecule has 0 saturated carbocycles. The quantitative estimate of drug-likeness (QED) is 0.820. The summed E-state index contributed by atoms with van der Waals surface area (Å²) < 4.78 is 13.1. The van der Waals surface area contributed by atoms with Gasteiger partial charge in [0.25, 0.3) is 0 Å². The zero-order valence-electron chi connectivity index (χ0n) is 15.6. The molecule has 1 unspecified atom stereocenters. The van der Waals surface area contributed by atoms with Gasteiger partial charge < -0.3 is 10.2 Å². The van der Waals surface area contributed by atoms with E-state index < -0.39 is 0 Å². The molecule has 3 heterocycles. The molecule has 3 fully saturated rings. The smallest absolute Gasteiger partial charge is 0.239 e. The summed E-state index contributed by atoms with van der Waals surface area (Å²) in [5.74, 6) is 1.60. The molecule has 3 aliphatic rings. The standard InChI is InChI=1S/C20H28FN3O.2ClH/c21-18-5-3-15(4-6-18)14-24-9-1-2-19(24)20(25)23-10-7-16-12-22-13-17(16)8-11-23;;/h3-6,16-17,19,22H,1-2,7-14H2;2*1H/t16-,17+,19?;;. The lowest BCUT2D eigenvalue weighted by atomic mass is 9.92. The maximum absolute atomic E-state index is 13.1. The summed E-state index contributed by atoms with van der Waals surface area (Å²) in [5.41, 5.74) is 1.08. The Balaban J connectivity index is 0.00000131. The van der Waals surface area contributed by atoms with Crippen molar-refractivity contribution in [3.8, 4) is 0 Å². The summed E-state index contributed by atoms with van der Waals surface area (Å²) in [5, 5.41) is 3.49. The van der Waals surface area contributed by atoms with Gasteiger partial charge in [-0.1, -0.05) is 12.1 Å². The highest BCUT2D eigenvalue weighted by Crippen LogP contribution is 2.29. The Hall–Kier alpha value is -0.880. The number of amides is 1. The predicted octanol–water partition coefficient (Wildman–Crippen LogP) is 3.09. The van der Waals surface area contributed by atoms with Crippen LogP contribution in [0.15, 0.2) is 24.3 Å². The lowest BCUT2D eigenvalue weighted by molar-refractivity contribution is -0.136. The minimum absolute atomic E-state index is 0. The number of hydrogen-bond donors (Lipinski definition) is 1. The first-order valence-electron chi connectivity index (χ1n) is 9.69. The average Bonchev–Trinajstić information content (AvgIpc) is 3.22. The highest BCUT2D eigenvalue weighted by atomic mass is 35.5. The minimum Gasteiger partial charge on any atom is -0.341 e. The van der Waals surface area contributed by atoms with E-state index in [-0.39, 0.29) is 36.7 Å². The summed E-state index contributed by atoms with van der Waals surface area (Å²) >= 11 is 0. The van der Waals surface area contributed by atoms with Gasteiger partial charge >= 0.3 is 0 Å². The van der Waals surface area contributed by atoms with E-state index in [4.69, 9.17) is 0 Å². The molecule has 27 heavy (non-hydrogen) atoms. The normalized spacial score (nSPS) is 28.0. The lowest BCUT2D eigenvalue weighted by Crippen LogP contribution is -2.46. The van der Waals surface area contributed by atoms with Gasteiger partial charge in [-0.3, -0.25) is 9.69 Å². The van der Waals surface area contributed by atoms with Gasteiger partial charge in [-0.25, -0.2) is 4.39 Å². The van der Waals surface area contributed by atoms with E-state index in [9.17, 15) is 9.18 Å². The zero-order valence-corrected chi connectivity index (χ0v) is 17.2. The number of carbonyl (C=O) groups is 1. The van der Waals surface area contributed by atoms with Crippen LogP contribution in [0.25, 0.3) is 0 Å². The molecule has 3 aliphatic heterocycles. The number of likely N-dealkylation sites (tertiary alicyclic amines) is 2. The van der Waals surface area contributed by atoms with Crippen molar-refractivity contribution < 1.29 is 9.18 Å². The third-order valence-corrected chi connectivity index (χ3v) is 6.28. The molecule has 3 saturated heterocycles. The fourth-order valence-corrected chi connectivity index (χ4v) is 4.77. The van der Waals surface area contributed by atoms with E-state index >= 15 is 0 Å². The molecule has 1 aromatic rings. The minimum atomic E-state index is -0.206. The van der Waals surface area contributed by atoms with Crippen molar-refractivity contribution in [3.05, 3.63) is 35.6 Å². The molecule has 0 aromatic heterocycles. The van der Waals surface area contributed by atoms with Gasteiger partial charge in [0.1, 0.15) is 5.82 Å². The summed E-state index contributed by atoms with van der Waals surface area (Å²) in [7, 11) is 0. The first kappa shape index (κ1) is 22.4. The highest BCUT2D eigenvalue weighted by molar-refractivity contribution is 5.85. The topological polar surface area (TPSA) is 35.6 Å². The van der Waals surface area contributed by atoms with Crippen molar-refractivity contribution in [1.82, 2.24) is 15.1 Å². The Morgan fingerprint density at radius 1 is 1.00 bits per heavy atom. The Kier molecular flexibility index (Phi) is 8.35. The van der Waals surface area contributed by atoms with Crippen molar-refractivity contribution in [3.63, 3.8) is 0 Å². The van der Waals surface area contributed by atoms with E-state index in [1.807, 2.05) is 12.1 Å². The van der Waals surface area contributed by atoms with Crippen molar-refractivity contribution in [2.24, 2.45) is 11.8 Å². The molecule has 152 valence electrons. The number of nitrogens with one attached hydrogen (secondary N) is 1. The molecule has 4 rings (SSSR count). The first-order chi connectivity index (χ1) is 12.2. The van der Waals surface area contributed by atoms with Crippen LogP contribution in [0.2, 0.25) is 0 Å². The third-order valence-electron chi connectivity index (χ3n) is 6.28. The number of carbonyl (C=O) groups excluding carboxylic acids is 1. The fraction of sp³-hybridized carbons (Fsp3) is 0.650. The Morgan fingerprint density at radius 2 is 1.63 bits per heavy atom. The molecule has 7 heteroatoms. The highest BCUT2D eigenvalue weighted by Gasteiger charge is 2.36. The van der Waals surface area contributed by atoms with Crippen LogP contribution in [0.3, 0.4) is 0 Å². The van der Waals surface area contributed by atoms with Crippen LogP contribution < -0.4 is 5.32 Å². The molecule has 0 spiro atoms. The van der Waals surface area contributed by atoms with Crippen LogP contribution in [-0.4, -0.2) is 54.5 Å². The Labute approximate surface area is 173 Å². The second kappa shape index (κ2) is 10.1. The van der Waals surface area contributed by atoms with Crippen LogP contribution in [0, 0.1) is 17.7 Å². The van der Waals surface area contributed by atoms with Crippen LogP contribution in [-0.2, 0) is 11.3 Å². The lowest BCUT2D eigenvalue weighted by Gasteiger charge is -2.30. The van der Waals surface area contributed by atoms with Gasteiger partial charge in [-0.05, 0) is 74.8 Å². The molecular weight excluding hydrogens is 388 g/mol. The molecular formula is C20H30Cl2FN3O. The predicted molar refractivity (Wildman–Crippen MR) is 110 cm³/mol. The number of rotatable bonds is 3. The van der Waals surface area contributed by atoms with Crippen molar-refractivity contribution in [1.29, 1.82) is 0 Å². The van der Waals surface area contributed by atoms with Gasteiger partial charge in [0.15, 0.2) is 0 Å². The van der Waals surface area contributed by atoms with E-state index in [0.717, 1.165) is 82.4 Å². The van der Waals surface area contributed by atoms with Crippen molar-refractivity contribution >= 4 is 30.7 Å². The van der Waals surface area contributed by atoms with E-state index in [0.29, 0.717) is 5.91 Å². The Bertz CT molecular complexity index is 602. The van der Waals surface area contributed by atoms with Gasteiger partial charge in [0, 0.05) is 19.6 Å². The molecule has 1 aromatic carbocycles. The van der Waals surface area contributed by atoms with Crippen LogP contribution in [0.5, 0.6) is 0 Å². The number of hydrogen-bond acceptors (Lipinski definition) is 3. The van der Waals surface area contributed by atoms with E-state index in [2.05, 4.69) is 15.1 Å². The molecule has 0 radical (unpaired) electrons. The summed E-state index contributed by atoms with van der Waals surface area (Å²) in [4.78, 5) is 17.5. The fourth-order valence-electron chi connectivity index (χ4n) is 4.77. The maximum atomic E-state index is 13.1. The zero-order chi connectivity index (χ0) is 17.2. The SMILES string of the molecule is Cl.Cl.O=C(C1CCCN1Cc1ccc(F)cc1)N1CC[C@@H]2CNC[C@@H]2CC1. The van der Waals surface area contributed by atoms with Crippen LogP contribution >= 0.6 is 24.8 Å². The molecule has 0 bridgehead atoms. The number of benzene rings is 1. The number of nitrogens with zero attached hydrogens (tertiary/aromatic N) is 2. The Morgan fingerprint density at radius 3 is 2.26 bits per heavy atom. The van der Waals surface area contributed by atoms with Gasteiger partial charge in [-0.15, -0.1) is 24.8 Å². The summed E-state index contributed by atoms with van der Waals surface area (Å²) in [6.45, 7) is 5.74. The van der Waals surface area contributed by atoms with E-state index in [1.54, 1.807) is 0 Å². The summed E-state index contributed by atoms with van der Waals surface area (Å²) in [6, 6.07) is 6.67. The average molecular weight is 418 g/mol. The number of fused-ring (bicyclic) bond motifs is 1. The molecule has 0 aliphatic carbocycles. The largest absolute Gasteiger partial charge is 0.341 e. The van der Waals surface area contributed by atoms with Gasteiger partial charge in [-0.2, -0.15) is 0 Å². The second-order valence-corrected chi connectivity index (χ2v) is 7.84. The molecule has 3 atom stereocenters. The second-order valence-electron chi connectivity index (χ2n) is 7.84. The van der Waals surface area contributed by atoms with Crippen molar-refractivity contribution in [2.75, 3.05) is 32.7 Å². The van der Waals surface area contributed by atoms with Crippen LogP contribution in [0.1, 0.15) is 31.2 Å². The van der Waals surface area contributed by atoms with E-state index in [1.165, 1.54) is 12.1 Å². The van der Waals surface area contributed by atoms with Crippen LogP contribution in [0.4, 0.5) is 4.39 Å². The molecule has 4 nitrogen and oxygen atoms in total.